The third-order valence-corrected chi connectivity index (χ3v) is 4.71. The zero-order valence-corrected chi connectivity index (χ0v) is 13.0. The minimum absolute atomic E-state index is 0.0113. The van der Waals surface area contributed by atoms with Gasteiger partial charge in [-0.2, -0.15) is 0 Å². The third-order valence-electron chi connectivity index (χ3n) is 3.05. The highest BCUT2D eigenvalue weighted by Gasteiger charge is 2.08. The van der Waals surface area contributed by atoms with E-state index in [0.29, 0.717) is 0 Å². The zero-order chi connectivity index (χ0) is 14.0. The molecule has 100 valence electrons. The van der Waals surface area contributed by atoms with Gasteiger partial charge < -0.3 is 5.73 Å². The first-order valence-electron chi connectivity index (χ1n) is 6.27. The Morgan fingerprint density at radius 3 is 2.42 bits per heavy atom. The molecule has 0 bridgehead atoms. The summed E-state index contributed by atoms with van der Waals surface area (Å²) in [6, 6.07) is 12.5. The molecule has 0 aliphatic rings. The molecule has 2 aromatic rings. The second-order valence-corrected chi connectivity index (χ2v) is 6.34. The summed E-state index contributed by atoms with van der Waals surface area (Å²) in [6.45, 7) is 6.18. The maximum Gasteiger partial charge on any atom is 0.0548 e. The average molecular weight is 292 g/mol. The molecule has 2 N–H and O–H groups in total. The molecule has 0 unspecified atom stereocenters. The summed E-state index contributed by atoms with van der Waals surface area (Å²) < 4.78 is 0. The van der Waals surface area contributed by atoms with Crippen molar-refractivity contribution in [2.45, 2.75) is 36.6 Å². The van der Waals surface area contributed by atoms with E-state index in [0.717, 1.165) is 15.5 Å². The van der Waals surface area contributed by atoms with E-state index >= 15 is 0 Å². The number of hydrogen-bond acceptors (Lipinski definition) is 2. The van der Waals surface area contributed by atoms with Crippen LogP contribution in [0.25, 0.3) is 0 Å². The molecule has 0 amide bonds. The topological polar surface area (TPSA) is 26.0 Å². The lowest BCUT2D eigenvalue weighted by molar-refractivity contribution is 0.817. The van der Waals surface area contributed by atoms with Gasteiger partial charge in [0.2, 0.25) is 0 Å². The molecule has 2 aromatic carbocycles. The normalized spacial score (nSPS) is 12.5. The van der Waals surface area contributed by atoms with Gasteiger partial charge in [0.15, 0.2) is 0 Å². The van der Waals surface area contributed by atoms with E-state index < -0.39 is 0 Å². The minimum Gasteiger partial charge on any atom is -0.324 e. The van der Waals surface area contributed by atoms with Crippen LogP contribution in [0.4, 0.5) is 0 Å². The largest absolute Gasteiger partial charge is 0.324 e. The molecule has 0 spiro atoms. The second-order valence-electron chi connectivity index (χ2n) is 4.85. The smallest absolute Gasteiger partial charge is 0.0548 e. The van der Waals surface area contributed by atoms with Crippen LogP contribution in [0, 0.1) is 13.8 Å². The van der Waals surface area contributed by atoms with E-state index in [1.807, 2.05) is 25.1 Å². The van der Waals surface area contributed by atoms with Gasteiger partial charge in [0, 0.05) is 15.8 Å². The first kappa shape index (κ1) is 14.4. The summed E-state index contributed by atoms with van der Waals surface area (Å²) in [6.07, 6.45) is 0. The van der Waals surface area contributed by atoms with Crippen molar-refractivity contribution >= 4 is 23.4 Å². The summed E-state index contributed by atoms with van der Waals surface area (Å²) in [4.78, 5) is 2.32. The standard InChI is InChI=1S/C16H18ClNS/c1-10-4-5-11(2)16(8-10)19-15-7-6-13(12(3)18)9-14(15)17/h4-9,12H,18H2,1-3H3/t12-/m1/s1. The first-order chi connectivity index (χ1) is 8.97. The summed E-state index contributed by atoms with van der Waals surface area (Å²) >= 11 is 8.04. The van der Waals surface area contributed by atoms with Crippen molar-refractivity contribution in [2.24, 2.45) is 5.73 Å². The molecular weight excluding hydrogens is 274 g/mol. The van der Waals surface area contributed by atoms with Crippen LogP contribution in [-0.4, -0.2) is 0 Å². The van der Waals surface area contributed by atoms with E-state index in [4.69, 9.17) is 17.3 Å². The minimum atomic E-state index is 0.0113. The zero-order valence-electron chi connectivity index (χ0n) is 11.4. The molecule has 19 heavy (non-hydrogen) atoms. The number of nitrogens with two attached hydrogens (primary N) is 1. The van der Waals surface area contributed by atoms with Crippen LogP contribution in [0.1, 0.15) is 29.7 Å². The van der Waals surface area contributed by atoms with Crippen molar-refractivity contribution in [3.05, 3.63) is 58.1 Å². The molecule has 0 fully saturated rings. The van der Waals surface area contributed by atoms with E-state index in [1.165, 1.54) is 16.0 Å². The third kappa shape index (κ3) is 3.53. The predicted octanol–water partition coefficient (Wildman–Crippen LogP) is 5.13. The lowest BCUT2D eigenvalue weighted by Gasteiger charge is -2.11. The maximum atomic E-state index is 6.34. The number of hydrogen-bond donors (Lipinski definition) is 1. The molecule has 3 heteroatoms. The Kier molecular flexibility index (Phi) is 4.56. The molecule has 1 nitrogen and oxygen atoms in total. The van der Waals surface area contributed by atoms with Crippen molar-refractivity contribution in [3.63, 3.8) is 0 Å². The van der Waals surface area contributed by atoms with Gasteiger partial charge in [0.25, 0.3) is 0 Å². The van der Waals surface area contributed by atoms with E-state index in [-0.39, 0.29) is 6.04 Å². The SMILES string of the molecule is Cc1ccc(C)c(Sc2ccc([C@@H](C)N)cc2Cl)c1. The van der Waals surface area contributed by atoms with Crippen molar-refractivity contribution in [3.8, 4) is 0 Å². The van der Waals surface area contributed by atoms with Crippen LogP contribution >= 0.6 is 23.4 Å². The Labute approximate surface area is 124 Å². The van der Waals surface area contributed by atoms with E-state index in [9.17, 15) is 0 Å². The predicted molar refractivity (Wildman–Crippen MR) is 84.1 cm³/mol. The molecule has 0 radical (unpaired) electrons. The average Bonchev–Trinajstić information content (AvgIpc) is 2.36. The Balaban J connectivity index is 2.31. The summed E-state index contributed by atoms with van der Waals surface area (Å²) in [7, 11) is 0. The molecule has 0 saturated carbocycles. The monoisotopic (exact) mass is 291 g/mol. The van der Waals surface area contributed by atoms with E-state index in [1.54, 1.807) is 11.8 Å². The van der Waals surface area contributed by atoms with Gasteiger partial charge in [-0.15, -0.1) is 0 Å². The van der Waals surface area contributed by atoms with Crippen LogP contribution < -0.4 is 5.73 Å². The Morgan fingerprint density at radius 1 is 1.05 bits per heavy atom. The van der Waals surface area contributed by atoms with Crippen LogP contribution in [0.3, 0.4) is 0 Å². The molecule has 0 aliphatic carbocycles. The Bertz CT molecular complexity index is 593. The highest BCUT2D eigenvalue weighted by molar-refractivity contribution is 7.99. The molecule has 2 rings (SSSR count). The number of rotatable bonds is 3. The second kappa shape index (κ2) is 6.00. The van der Waals surface area contributed by atoms with Crippen molar-refractivity contribution in [1.82, 2.24) is 0 Å². The van der Waals surface area contributed by atoms with Gasteiger partial charge in [-0.3, -0.25) is 0 Å². The first-order valence-corrected chi connectivity index (χ1v) is 7.47. The molecule has 0 heterocycles. The lowest BCUT2D eigenvalue weighted by Crippen LogP contribution is -2.04. The highest BCUT2D eigenvalue weighted by Crippen LogP contribution is 2.36. The van der Waals surface area contributed by atoms with E-state index in [2.05, 4.69) is 32.0 Å². The number of aryl methyl sites for hydroxylation is 2. The fraction of sp³-hybridized carbons (Fsp3) is 0.250. The molecule has 0 aliphatic heterocycles. The van der Waals surface area contributed by atoms with Crippen LogP contribution in [0.5, 0.6) is 0 Å². The van der Waals surface area contributed by atoms with Gasteiger partial charge in [-0.05, 0) is 55.7 Å². The van der Waals surface area contributed by atoms with Crippen LogP contribution in [0.2, 0.25) is 5.02 Å². The molecule has 0 aromatic heterocycles. The molecule has 1 atom stereocenters. The number of halogens is 1. The summed E-state index contributed by atoms with van der Waals surface area (Å²) in [5.74, 6) is 0. The van der Waals surface area contributed by atoms with Crippen molar-refractivity contribution in [1.29, 1.82) is 0 Å². The van der Waals surface area contributed by atoms with Crippen molar-refractivity contribution < 1.29 is 0 Å². The number of benzene rings is 2. The fourth-order valence-corrected chi connectivity index (χ4v) is 3.13. The van der Waals surface area contributed by atoms with Gasteiger partial charge in [0.1, 0.15) is 0 Å². The summed E-state index contributed by atoms with van der Waals surface area (Å²) in [5, 5.41) is 0.765. The van der Waals surface area contributed by atoms with Gasteiger partial charge in [0.05, 0.1) is 5.02 Å². The lowest BCUT2D eigenvalue weighted by atomic mass is 10.1. The molecular formula is C16H18ClNS. The fourth-order valence-electron chi connectivity index (χ4n) is 1.82. The van der Waals surface area contributed by atoms with Gasteiger partial charge in [-0.25, -0.2) is 0 Å². The highest BCUT2D eigenvalue weighted by atomic mass is 35.5. The quantitative estimate of drug-likeness (QED) is 0.848. The Morgan fingerprint density at radius 2 is 1.79 bits per heavy atom. The van der Waals surface area contributed by atoms with Gasteiger partial charge in [-0.1, -0.05) is 41.6 Å². The molecule has 0 saturated heterocycles. The van der Waals surface area contributed by atoms with Crippen molar-refractivity contribution in [2.75, 3.05) is 0 Å². The van der Waals surface area contributed by atoms with Gasteiger partial charge >= 0.3 is 0 Å². The summed E-state index contributed by atoms with van der Waals surface area (Å²) in [5.41, 5.74) is 9.46. The Hall–Kier alpha value is -0.960. The maximum absolute atomic E-state index is 6.34. The van der Waals surface area contributed by atoms with Crippen LogP contribution in [0.15, 0.2) is 46.2 Å². The van der Waals surface area contributed by atoms with Crippen LogP contribution in [-0.2, 0) is 0 Å².